The average Bonchev–Trinajstić information content (AvgIpc) is 2.81. The van der Waals surface area contributed by atoms with Crippen LogP contribution in [0.2, 0.25) is 0 Å². The fourth-order valence-corrected chi connectivity index (χ4v) is 1.92. The van der Waals surface area contributed by atoms with Crippen molar-refractivity contribution in [2.45, 2.75) is 18.6 Å². The monoisotopic (exact) mass is 234 g/mol. The van der Waals surface area contributed by atoms with Crippen molar-refractivity contribution in [2.24, 2.45) is 0 Å². The van der Waals surface area contributed by atoms with E-state index in [4.69, 9.17) is 0 Å². The molecule has 0 bridgehead atoms. The Kier molecular flexibility index (Phi) is 3.78. The highest BCUT2D eigenvalue weighted by Crippen LogP contribution is 2.22. The lowest BCUT2D eigenvalue weighted by atomic mass is 10.0. The first-order valence-corrected chi connectivity index (χ1v) is 5.80. The standard InChI is InChI=1S/C13H18N2O2/c1-14-6-5-12(16)13(17)10-3-2-9-4-7-15-11(9)8-10/h2-4,7-8,12-17H,5-6H2,1H3. The number of nitrogens with one attached hydrogen (secondary N) is 2. The summed E-state index contributed by atoms with van der Waals surface area (Å²) in [5.41, 5.74) is 1.71. The maximum absolute atomic E-state index is 10.0. The highest BCUT2D eigenvalue weighted by Gasteiger charge is 2.18. The van der Waals surface area contributed by atoms with Crippen LogP contribution < -0.4 is 5.32 Å². The number of hydrogen-bond acceptors (Lipinski definition) is 3. The third-order valence-corrected chi connectivity index (χ3v) is 2.98. The molecule has 1 aromatic carbocycles. The summed E-state index contributed by atoms with van der Waals surface area (Å²) in [5, 5.41) is 23.9. The van der Waals surface area contributed by atoms with Crippen LogP contribution in [0.4, 0.5) is 0 Å². The van der Waals surface area contributed by atoms with Crippen LogP contribution in [0.25, 0.3) is 10.9 Å². The van der Waals surface area contributed by atoms with E-state index in [0.29, 0.717) is 13.0 Å². The molecular weight excluding hydrogens is 216 g/mol. The van der Waals surface area contributed by atoms with Gasteiger partial charge in [0.15, 0.2) is 0 Å². The van der Waals surface area contributed by atoms with E-state index in [0.717, 1.165) is 16.5 Å². The van der Waals surface area contributed by atoms with Crippen LogP contribution in [0.1, 0.15) is 18.1 Å². The van der Waals surface area contributed by atoms with Gasteiger partial charge in [0.05, 0.1) is 6.10 Å². The van der Waals surface area contributed by atoms with Gasteiger partial charge in [0.1, 0.15) is 6.10 Å². The van der Waals surface area contributed by atoms with Crippen molar-refractivity contribution in [1.29, 1.82) is 0 Å². The van der Waals surface area contributed by atoms with Crippen LogP contribution in [0.15, 0.2) is 30.5 Å². The third-order valence-electron chi connectivity index (χ3n) is 2.98. The Morgan fingerprint density at radius 3 is 2.88 bits per heavy atom. The number of rotatable bonds is 5. The van der Waals surface area contributed by atoms with Gasteiger partial charge in [-0.1, -0.05) is 12.1 Å². The Morgan fingerprint density at radius 2 is 2.12 bits per heavy atom. The van der Waals surface area contributed by atoms with Crippen LogP contribution in [0.3, 0.4) is 0 Å². The Bertz CT molecular complexity index is 481. The number of fused-ring (bicyclic) bond motifs is 1. The predicted octanol–water partition coefficient (Wildman–Crippen LogP) is 1.17. The van der Waals surface area contributed by atoms with Crippen molar-refractivity contribution in [3.63, 3.8) is 0 Å². The van der Waals surface area contributed by atoms with E-state index in [2.05, 4.69) is 10.3 Å². The molecule has 0 aliphatic heterocycles. The molecular formula is C13H18N2O2. The summed E-state index contributed by atoms with van der Waals surface area (Å²) in [6.45, 7) is 0.684. The summed E-state index contributed by atoms with van der Waals surface area (Å²) in [6, 6.07) is 7.64. The van der Waals surface area contributed by atoms with Gasteiger partial charge in [0.25, 0.3) is 0 Å². The molecule has 0 amide bonds. The van der Waals surface area contributed by atoms with E-state index >= 15 is 0 Å². The molecule has 0 saturated heterocycles. The van der Waals surface area contributed by atoms with E-state index in [1.165, 1.54) is 0 Å². The quantitative estimate of drug-likeness (QED) is 0.628. The molecule has 0 radical (unpaired) electrons. The number of aromatic nitrogens is 1. The van der Waals surface area contributed by atoms with Gasteiger partial charge in [0, 0.05) is 11.7 Å². The predicted molar refractivity (Wildman–Crippen MR) is 67.8 cm³/mol. The van der Waals surface area contributed by atoms with Crippen LogP contribution in [0, 0.1) is 0 Å². The summed E-state index contributed by atoms with van der Waals surface area (Å²) in [6.07, 6.45) is 0.810. The zero-order valence-electron chi connectivity index (χ0n) is 9.85. The molecule has 2 unspecified atom stereocenters. The van der Waals surface area contributed by atoms with E-state index in [9.17, 15) is 10.2 Å². The molecule has 17 heavy (non-hydrogen) atoms. The Labute approximate surface area is 100 Å². The van der Waals surface area contributed by atoms with Gasteiger partial charge in [-0.2, -0.15) is 0 Å². The van der Waals surface area contributed by atoms with Crippen LogP contribution >= 0.6 is 0 Å². The Morgan fingerprint density at radius 1 is 1.29 bits per heavy atom. The van der Waals surface area contributed by atoms with Crippen LogP contribution in [0.5, 0.6) is 0 Å². The molecule has 0 fully saturated rings. The molecule has 2 atom stereocenters. The fourth-order valence-electron chi connectivity index (χ4n) is 1.92. The maximum atomic E-state index is 10.0. The molecule has 4 heteroatoms. The number of hydrogen-bond donors (Lipinski definition) is 4. The first kappa shape index (κ1) is 12.1. The molecule has 1 aromatic heterocycles. The van der Waals surface area contributed by atoms with Gasteiger partial charge < -0.3 is 20.5 Å². The molecule has 0 aliphatic carbocycles. The van der Waals surface area contributed by atoms with Gasteiger partial charge in [-0.05, 0) is 43.1 Å². The minimum Gasteiger partial charge on any atom is -0.390 e. The minimum atomic E-state index is -0.837. The van der Waals surface area contributed by atoms with Crippen molar-refractivity contribution in [3.05, 3.63) is 36.0 Å². The average molecular weight is 234 g/mol. The zero-order valence-corrected chi connectivity index (χ0v) is 9.85. The second-order valence-electron chi connectivity index (χ2n) is 4.23. The van der Waals surface area contributed by atoms with E-state index in [1.54, 1.807) is 0 Å². The number of aliphatic hydroxyl groups is 2. The highest BCUT2D eigenvalue weighted by molar-refractivity contribution is 5.79. The number of aliphatic hydroxyl groups excluding tert-OH is 2. The maximum Gasteiger partial charge on any atom is 0.105 e. The van der Waals surface area contributed by atoms with Crippen LogP contribution in [-0.2, 0) is 0 Å². The lowest BCUT2D eigenvalue weighted by molar-refractivity contribution is 0.0141. The smallest absolute Gasteiger partial charge is 0.105 e. The number of benzene rings is 1. The topological polar surface area (TPSA) is 68.3 Å². The fraction of sp³-hybridized carbons (Fsp3) is 0.385. The van der Waals surface area contributed by atoms with Gasteiger partial charge in [-0.15, -0.1) is 0 Å². The lowest BCUT2D eigenvalue weighted by Crippen LogP contribution is -2.23. The lowest BCUT2D eigenvalue weighted by Gasteiger charge is -2.18. The first-order valence-electron chi connectivity index (χ1n) is 5.80. The molecule has 1 heterocycles. The summed E-state index contributed by atoms with van der Waals surface area (Å²) in [7, 11) is 1.82. The Hall–Kier alpha value is -1.36. The van der Waals surface area contributed by atoms with Crippen molar-refractivity contribution in [3.8, 4) is 0 Å². The molecule has 92 valence electrons. The van der Waals surface area contributed by atoms with Crippen LogP contribution in [-0.4, -0.2) is 34.9 Å². The van der Waals surface area contributed by atoms with E-state index in [-0.39, 0.29) is 0 Å². The molecule has 0 saturated carbocycles. The van der Waals surface area contributed by atoms with Crippen molar-refractivity contribution < 1.29 is 10.2 Å². The van der Waals surface area contributed by atoms with Gasteiger partial charge in [-0.25, -0.2) is 0 Å². The van der Waals surface area contributed by atoms with Gasteiger partial charge >= 0.3 is 0 Å². The second kappa shape index (κ2) is 5.31. The van der Waals surface area contributed by atoms with Gasteiger partial charge in [-0.3, -0.25) is 0 Å². The summed E-state index contributed by atoms with van der Waals surface area (Å²) in [5.74, 6) is 0. The molecule has 0 aliphatic rings. The van der Waals surface area contributed by atoms with Crippen molar-refractivity contribution in [2.75, 3.05) is 13.6 Å². The number of H-pyrrole nitrogens is 1. The summed E-state index contributed by atoms with van der Waals surface area (Å²) >= 11 is 0. The van der Waals surface area contributed by atoms with E-state index < -0.39 is 12.2 Å². The molecule has 0 spiro atoms. The largest absolute Gasteiger partial charge is 0.390 e. The van der Waals surface area contributed by atoms with Crippen molar-refractivity contribution in [1.82, 2.24) is 10.3 Å². The normalized spacial score (nSPS) is 15.0. The third kappa shape index (κ3) is 2.66. The Balaban J connectivity index is 2.14. The van der Waals surface area contributed by atoms with Gasteiger partial charge in [0.2, 0.25) is 0 Å². The first-order chi connectivity index (χ1) is 8.22. The van der Waals surface area contributed by atoms with E-state index in [1.807, 2.05) is 37.5 Å². The molecule has 4 nitrogen and oxygen atoms in total. The summed E-state index contributed by atoms with van der Waals surface area (Å²) in [4.78, 5) is 3.09. The molecule has 2 rings (SSSR count). The number of aromatic amines is 1. The minimum absolute atomic E-state index is 0.528. The SMILES string of the molecule is CNCCC(O)C(O)c1ccc2cc[nH]c2c1. The summed E-state index contributed by atoms with van der Waals surface area (Å²) < 4.78 is 0. The molecule has 4 N–H and O–H groups in total. The zero-order chi connectivity index (χ0) is 12.3. The molecule has 2 aromatic rings. The second-order valence-corrected chi connectivity index (χ2v) is 4.23. The van der Waals surface area contributed by atoms with Crippen molar-refractivity contribution >= 4 is 10.9 Å². The highest BCUT2D eigenvalue weighted by atomic mass is 16.3.